The van der Waals surface area contributed by atoms with E-state index in [9.17, 15) is 17.2 Å². The smallest absolute Gasteiger partial charge is 0.326 e. The molecule has 178 valence electrons. The third kappa shape index (κ3) is 3.57. The molecular formula is C21H21F2N7O3S. The van der Waals surface area contributed by atoms with Crippen LogP contribution in [0.3, 0.4) is 0 Å². The monoisotopic (exact) mass is 489 g/mol. The third-order valence-electron chi connectivity index (χ3n) is 5.92. The number of fused-ring (bicyclic) bond motifs is 1. The zero-order valence-electron chi connectivity index (χ0n) is 17.9. The Morgan fingerprint density at radius 3 is 2.53 bits per heavy atom. The summed E-state index contributed by atoms with van der Waals surface area (Å²) < 4.78 is 60.4. The maximum Gasteiger partial charge on any atom is 0.326 e. The van der Waals surface area contributed by atoms with Crippen LogP contribution in [0.15, 0.2) is 42.6 Å². The number of aromatic nitrogens is 2. The average Bonchev–Trinajstić information content (AvgIpc) is 3.35. The summed E-state index contributed by atoms with van der Waals surface area (Å²) in [5.74, 6) is -3.37. The van der Waals surface area contributed by atoms with E-state index in [1.165, 1.54) is 13.2 Å². The Balaban J connectivity index is 1.48. The lowest BCUT2D eigenvalue weighted by Crippen LogP contribution is -2.37. The summed E-state index contributed by atoms with van der Waals surface area (Å²) in [6.07, 6.45) is 1.01. The van der Waals surface area contributed by atoms with Crippen molar-refractivity contribution < 1.29 is 21.9 Å². The second-order valence-electron chi connectivity index (χ2n) is 8.22. The molecule has 0 amide bonds. The second kappa shape index (κ2) is 7.32. The van der Waals surface area contributed by atoms with Crippen LogP contribution in [-0.2, 0) is 10.2 Å². The zero-order valence-corrected chi connectivity index (χ0v) is 18.8. The Morgan fingerprint density at radius 2 is 1.85 bits per heavy atom. The summed E-state index contributed by atoms with van der Waals surface area (Å²) in [5.41, 5.74) is 20.0. The summed E-state index contributed by atoms with van der Waals surface area (Å²) in [5, 5.41) is 0. The number of nitrogen functional groups attached to an aromatic ring is 3. The number of anilines is 5. The van der Waals surface area contributed by atoms with E-state index in [0.717, 1.165) is 8.61 Å². The summed E-state index contributed by atoms with van der Waals surface area (Å²) in [7, 11) is -2.57. The summed E-state index contributed by atoms with van der Waals surface area (Å²) in [6.45, 7) is -0.276. The fourth-order valence-corrected chi connectivity index (χ4v) is 5.26. The lowest BCUT2D eigenvalue weighted by Gasteiger charge is -2.18. The van der Waals surface area contributed by atoms with Crippen molar-refractivity contribution in [3.8, 4) is 22.9 Å². The van der Waals surface area contributed by atoms with Gasteiger partial charge in [0.15, 0.2) is 5.82 Å². The highest BCUT2D eigenvalue weighted by Gasteiger charge is 2.59. The van der Waals surface area contributed by atoms with Crippen LogP contribution in [0.4, 0.5) is 37.3 Å². The van der Waals surface area contributed by atoms with Crippen molar-refractivity contribution in [2.45, 2.75) is 12.3 Å². The van der Waals surface area contributed by atoms with E-state index in [1.807, 2.05) is 0 Å². The van der Waals surface area contributed by atoms with E-state index < -0.39 is 22.0 Å². The Hall–Kier alpha value is -3.87. The maximum absolute atomic E-state index is 13.5. The molecule has 6 N–H and O–H groups in total. The fraction of sp³-hybridized carbons (Fsp3) is 0.238. The van der Waals surface area contributed by atoms with Gasteiger partial charge in [0.05, 0.1) is 23.3 Å². The number of hydrogen-bond acceptors (Lipinski definition) is 8. The zero-order chi connectivity index (χ0) is 24.4. The second-order valence-corrected chi connectivity index (χ2v) is 10.1. The molecule has 1 aromatic heterocycles. The number of alkyl halides is 2. The number of rotatable bonds is 5. The van der Waals surface area contributed by atoms with E-state index in [-0.39, 0.29) is 30.5 Å². The van der Waals surface area contributed by atoms with Crippen LogP contribution in [0.2, 0.25) is 0 Å². The molecule has 3 aromatic rings. The van der Waals surface area contributed by atoms with Gasteiger partial charge in [-0.25, -0.2) is 13.8 Å². The van der Waals surface area contributed by atoms with Gasteiger partial charge in [0.2, 0.25) is 0 Å². The van der Waals surface area contributed by atoms with Gasteiger partial charge in [0.25, 0.3) is 5.92 Å². The average molecular weight is 490 g/mol. The molecule has 0 radical (unpaired) electrons. The first-order valence-corrected chi connectivity index (χ1v) is 11.6. The largest absolute Gasteiger partial charge is 0.424 e. The Morgan fingerprint density at radius 1 is 1.12 bits per heavy atom. The molecule has 10 nitrogen and oxygen atoms in total. The highest BCUT2D eigenvalue weighted by atomic mass is 32.2. The number of halogens is 2. The van der Waals surface area contributed by atoms with Crippen LogP contribution in [0.25, 0.3) is 11.1 Å². The predicted molar refractivity (Wildman–Crippen MR) is 125 cm³/mol. The molecule has 1 saturated carbocycles. The SMILES string of the molecule is CN1c2cc(-c3cc(Oc4ncc(N)c(N)n4)ccc3N)ccc2N(CC2CC2(F)F)S1(=O)=O. The standard InChI is InChI=1S/C21H21F2N7O3S/c1-29-18-6-11(2-5-17(18)30(34(29,31)32)10-12-8-21(12,22)23)14-7-13(3-4-15(14)24)33-20-27-9-16(25)19(26)28-20/h2-7,9,12H,8,10,24-25H2,1H3,(H2,26,27,28). The highest BCUT2D eigenvalue weighted by Crippen LogP contribution is 2.52. The van der Waals surface area contributed by atoms with Gasteiger partial charge in [-0.3, -0.25) is 8.61 Å². The Labute approximate surface area is 194 Å². The van der Waals surface area contributed by atoms with Gasteiger partial charge < -0.3 is 21.9 Å². The third-order valence-corrected chi connectivity index (χ3v) is 7.71. The molecule has 2 aromatic carbocycles. The minimum Gasteiger partial charge on any atom is -0.424 e. The minimum atomic E-state index is -3.96. The molecule has 13 heteroatoms. The van der Waals surface area contributed by atoms with Crippen molar-refractivity contribution in [3.05, 3.63) is 42.6 Å². The molecule has 1 aliphatic carbocycles. The Kier molecular flexibility index (Phi) is 4.72. The maximum atomic E-state index is 13.5. The van der Waals surface area contributed by atoms with E-state index in [2.05, 4.69) is 9.97 Å². The van der Waals surface area contributed by atoms with E-state index in [4.69, 9.17) is 21.9 Å². The molecule has 5 rings (SSSR count). The van der Waals surface area contributed by atoms with Crippen molar-refractivity contribution in [1.82, 2.24) is 9.97 Å². The van der Waals surface area contributed by atoms with Gasteiger partial charge >= 0.3 is 16.2 Å². The quantitative estimate of drug-likeness (QED) is 0.462. The van der Waals surface area contributed by atoms with E-state index in [1.54, 1.807) is 36.4 Å². The minimum absolute atomic E-state index is 0.00489. The van der Waals surface area contributed by atoms with Crippen LogP contribution >= 0.6 is 0 Å². The van der Waals surface area contributed by atoms with E-state index >= 15 is 0 Å². The molecule has 1 aliphatic heterocycles. The predicted octanol–water partition coefficient (Wildman–Crippen LogP) is 2.84. The van der Waals surface area contributed by atoms with Crippen molar-refractivity contribution in [3.63, 3.8) is 0 Å². The molecule has 2 aliphatic rings. The van der Waals surface area contributed by atoms with Crippen molar-refractivity contribution in [1.29, 1.82) is 0 Å². The summed E-state index contributed by atoms with van der Waals surface area (Å²) in [4.78, 5) is 7.95. The number of nitrogens with zero attached hydrogens (tertiary/aromatic N) is 4. The molecule has 34 heavy (non-hydrogen) atoms. The van der Waals surface area contributed by atoms with Gasteiger partial charge in [-0.2, -0.15) is 13.4 Å². The topological polar surface area (TPSA) is 154 Å². The van der Waals surface area contributed by atoms with Gasteiger partial charge in [-0.15, -0.1) is 0 Å². The molecule has 1 fully saturated rings. The van der Waals surface area contributed by atoms with Crippen LogP contribution < -0.4 is 30.5 Å². The van der Waals surface area contributed by atoms with Crippen molar-refractivity contribution in [2.75, 3.05) is 39.4 Å². The first-order valence-electron chi connectivity index (χ1n) is 10.2. The summed E-state index contributed by atoms with van der Waals surface area (Å²) in [6, 6.07) is 9.80. The number of hydrogen-bond donors (Lipinski definition) is 3. The number of ether oxygens (including phenoxy) is 1. The Bertz CT molecular complexity index is 1420. The molecule has 2 heterocycles. The molecular weight excluding hydrogens is 468 g/mol. The summed E-state index contributed by atoms with van der Waals surface area (Å²) >= 11 is 0. The molecule has 0 bridgehead atoms. The van der Waals surface area contributed by atoms with Gasteiger partial charge in [-0.1, -0.05) is 6.07 Å². The van der Waals surface area contributed by atoms with Crippen molar-refractivity contribution >= 4 is 38.8 Å². The van der Waals surface area contributed by atoms with Gasteiger partial charge in [0.1, 0.15) is 5.75 Å². The molecule has 1 unspecified atom stereocenters. The lowest BCUT2D eigenvalue weighted by molar-refractivity contribution is 0.101. The molecule has 0 spiro atoms. The van der Waals surface area contributed by atoms with Gasteiger partial charge in [-0.05, 0) is 35.9 Å². The lowest BCUT2D eigenvalue weighted by atomic mass is 10.0. The highest BCUT2D eigenvalue weighted by molar-refractivity contribution is 7.94. The number of nitrogens with two attached hydrogens (primary N) is 3. The normalized spacial score (nSPS) is 19.7. The first kappa shape index (κ1) is 21.9. The number of benzene rings is 2. The van der Waals surface area contributed by atoms with Crippen LogP contribution in [0.5, 0.6) is 11.8 Å². The molecule has 1 atom stereocenters. The molecule has 0 saturated heterocycles. The fourth-order valence-electron chi connectivity index (χ4n) is 3.80. The first-order chi connectivity index (χ1) is 16.0. The van der Waals surface area contributed by atoms with E-state index in [0.29, 0.717) is 33.9 Å². The van der Waals surface area contributed by atoms with Crippen LogP contribution in [0, 0.1) is 5.92 Å². The van der Waals surface area contributed by atoms with Crippen LogP contribution in [0.1, 0.15) is 6.42 Å². The van der Waals surface area contributed by atoms with Crippen molar-refractivity contribution in [2.24, 2.45) is 5.92 Å². The van der Waals surface area contributed by atoms with Gasteiger partial charge in [0, 0.05) is 37.2 Å². The van der Waals surface area contributed by atoms with Crippen LogP contribution in [-0.4, -0.2) is 37.9 Å².